The van der Waals surface area contributed by atoms with Crippen LogP contribution in [-0.4, -0.2) is 21.0 Å². The number of anilines is 1. The summed E-state index contributed by atoms with van der Waals surface area (Å²) in [5.41, 5.74) is 0.216. The van der Waals surface area contributed by atoms with Crippen LogP contribution in [0.2, 0.25) is 0 Å². The molecule has 0 bridgehead atoms. The zero-order chi connectivity index (χ0) is 14.9. The number of carbonyl (C=O) groups excluding carboxylic acids is 1. The highest BCUT2D eigenvalue weighted by Crippen LogP contribution is 2.25. The van der Waals surface area contributed by atoms with Gasteiger partial charge in [-0.3, -0.25) is 14.6 Å². The van der Waals surface area contributed by atoms with Crippen molar-refractivity contribution < 1.29 is 9.90 Å². The van der Waals surface area contributed by atoms with Crippen LogP contribution in [0.3, 0.4) is 0 Å². The van der Waals surface area contributed by atoms with Gasteiger partial charge in [0.15, 0.2) is 0 Å². The maximum atomic E-state index is 12.0. The van der Waals surface area contributed by atoms with Crippen molar-refractivity contribution in [2.24, 2.45) is 0 Å². The van der Waals surface area contributed by atoms with Crippen LogP contribution in [0.1, 0.15) is 21.6 Å². The summed E-state index contributed by atoms with van der Waals surface area (Å²) < 4.78 is 0. The fraction of sp³-hybridized carbons (Fsp3) is 0.154. The van der Waals surface area contributed by atoms with Gasteiger partial charge < -0.3 is 15.4 Å². The summed E-state index contributed by atoms with van der Waals surface area (Å²) in [6, 6.07) is 4.12. The van der Waals surface area contributed by atoms with Gasteiger partial charge in [0.2, 0.25) is 0 Å². The largest absolute Gasteiger partial charge is 0.508 e. The maximum absolute atomic E-state index is 12.0. The van der Waals surface area contributed by atoms with Gasteiger partial charge in [-0.15, -0.1) is 0 Å². The van der Waals surface area contributed by atoms with E-state index in [0.717, 1.165) is 6.07 Å². The highest BCUT2D eigenvalue weighted by atomic mass is 16.3. The van der Waals surface area contributed by atoms with E-state index in [4.69, 9.17) is 0 Å². The predicted octanol–water partition coefficient (Wildman–Crippen LogP) is 0.638. The first-order valence-electron chi connectivity index (χ1n) is 5.82. The number of phenols is 1. The number of aryl methyl sites for hydroxylation is 2. The van der Waals surface area contributed by atoms with Crippen molar-refractivity contribution in [3.8, 4) is 5.75 Å². The Morgan fingerprint density at radius 2 is 1.80 bits per heavy atom. The summed E-state index contributed by atoms with van der Waals surface area (Å²) in [6.45, 7) is 3.41. The molecule has 0 unspecified atom stereocenters. The van der Waals surface area contributed by atoms with Crippen molar-refractivity contribution in [2.75, 3.05) is 5.32 Å². The molecule has 1 heterocycles. The van der Waals surface area contributed by atoms with E-state index in [9.17, 15) is 19.5 Å². The van der Waals surface area contributed by atoms with E-state index in [-0.39, 0.29) is 11.4 Å². The van der Waals surface area contributed by atoms with Crippen LogP contribution in [0.5, 0.6) is 5.75 Å². The quantitative estimate of drug-likeness (QED) is 0.602. The molecule has 0 saturated heterocycles. The molecule has 0 aliphatic rings. The molecule has 2 rings (SSSR count). The SMILES string of the molecule is Cc1cc(NC(=O)c2cc(=O)[nH]c(=O)[nH]2)c(C)cc1O. The molecular weight excluding hydrogens is 262 g/mol. The summed E-state index contributed by atoms with van der Waals surface area (Å²) >= 11 is 0. The van der Waals surface area contributed by atoms with E-state index in [0.29, 0.717) is 16.8 Å². The minimum absolute atomic E-state index is 0.130. The lowest BCUT2D eigenvalue weighted by Gasteiger charge is -2.10. The standard InChI is InChI=1S/C13H13N3O4/c1-6-4-10(17)7(2)3-8(6)14-12(19)9-5-11(18)16-13(20)15-9/h3-5,17H,1-2H3,(H,14,19)(H2,15,16,18,20). The number of aromatic hydroxyl groups is 1. The molecular formula is C13H13N3O4. The third kappa shape index (κ3) is 2.77. The molecule has 2 aromatic rings. The molecule has 0 radical (unpaired) electrons. The number of hydrogen-bond donors (Lipinski definition) is 4. The van der Waals surface area contributed by atoms with Crippen LogP contribution in [-0.2, 0) is 0 Å². The van der Waals surface area contributed by atoms with E-state index in [2.05, 4.69) is 10.3 Å². The van der Waals surface area contributed by atoms with Crippen molar-refractivity contribution >= 4 is 11.6 Å². The third-order valence-corrected chi connectivity index (χ3v) is 2.80. The molecule has 1 aromatic heterocycles. The number of carbonyl (C=O) groups is 1. The number of aromatic amines is 2. The molecule has 20 heavy (non-hydrogen) atoms. The third-order valence-electron chi connectivity index (χ3n) is 2.80. The number of phenolic OH excluding ortho intramolecular Hbond substituents is 1. The van der Waals surface area contributed by atoms with Crippen molar-refractivity contribution in [3.05, 3.63) is 55.9 Å². The topological polar surface area (TPSA) is 115 Å². The highest BCUT2D eigenvalue weighted by molar-refractivity contribution is 6.03. The number of benzene rings is 1. The van der Waals surface area contributed by atoms with Gasteiger partial charge >= 0.3 is 5.69 Å². The second kappa shape index (κ2) is 5.04. The van der Waals surface area contributed by atoms with E-state index < -0.39 is 17.2 Å². The average molecular weight is 275 g/mol. The molecule has 0 saturated carbocycles. The first kappa shape index (κ1) is 13.6. The molecule has 104 valence electrons. The lowest BCUT2D eigenvalue weighted by Crippen LogP contribution is -2.27. The minimum Gasteiger partial charge on any atom is -0.508 e. The summed E-state index contributed by atoms with van der Waals surface area (Å²) in [5.74, 6) is -0.480. The van der Waals surface area contributed by atoms with Gasteiger partial charge in [0.05, 0.1) is 0 Å². The molecule has 7 heteroatoms. The van der Waals surface area contributed by atoms with Crippen LogP contribution in [0, 0.1) is 13.8 Å². The number of nitrogens with one attached hydrogen (secondary N) is 3. The molecule has 0 spiro atoms. The smallest absolute Gasteiger partial charge is 0.326 e. The summed E-state index contributed by atoms with van der Waals surface area (Å²) in [4.78, 5) is 38.4. The molecule has 4 N–H and O–H groups in total. The zero-order valence-corrected chi connectivity index (χ0v) is 10.9. The van der Waals surface area contributed by atoms with E-state index in [1.54, 1.807) is 19.9 Å². The van der Waals surface area contributed by atoms with Crippen molar-refractivity contribution in [2.45, 2.75) is 13.8 Å². The fourth-order valence-corrected chi connectivity index (χ4v) is 1.72. The fourth-order valence-electron chi connectivity index (χ4n) is 1.72. The highest BCUT2D eigenvalue weighted by Gasteiger charge is 2.11. The molecule has 7 nitrogen and oxygen atoms in total. The van der Waals surface area contributed by atoms with Crippen molar-refractivity contribution in [3.63, 3.8) is 0 Å². The second-order valence-electron chi connectivity index (χ2n) is 4.41. The van der Waals surface area contributed by atoms with E-state index >= 15 is 0 Å². The Labute approximate surface area is 113 Å². The lowest BCUT2D eigenvalue weighted by molar-refractivity contribution is 0.102. The molecule has 0 atom stereocenters. The van der Waals surface area contributed by atoms with Crippen molar-refractivity contribution in [1.29, 1.82) is 0 Å². The lowest BCUT2D eigenvalue weighted by atomic mass is 10.1. The first-order valence-corrected chi connectivity index (χ1v) is 5.82. The number of hydrogen-bond acceptors (Lipinski definition) is 4. The predicted molar refractivity (Wildman–Crippen MR) is 73.2 cm³/mol. The van der Waals surface area contributed by atoms with Gasteiger partial charge in [-0.25, -0.2) is 4.79 Å². The van der Waals surface area contributed by atoms with Gasteiger partial charge in [-0.2, -0.15) is 0 Å². The molecule has 0 fully saturated rings. The van der Waals surface area contributed by atoms with E-state index in [1.807, 2.05) is 4.98 Å². The van der Waals surface area contributed by atoms with Gasteiger partial charge in [0.25, 0.3) is 11.5 Å². The Morgan fingerprint density at radius 3 is 2.45 bits per heavy atom. The molecule has 1 amide bonds. The first-order chi connectivity index (χ1) is 9.36. The zero-order valence-electron chi connectivity index (χ0n) is 10.9. The van der Waals surface area contributed by atoms with Crippen LogP contribution in [0.15, 0.2) is 27.8 Å². The van der Waals surface area contributed by atoms with Gasteiger partial charge in [0, 0.05) is 11.8 Å². The van der Waals surface area contributed by atoms with Crippen LogP contribution in [0.4, 0.5) is 5.69 Å². The number of H-pyrrole nitrogens is 2. The normalized spacial score (nSPS) is 10.3. The van der Waals surface area contributed by atoms with Gasteiger partial charge in [-0.1, -0.05) is 0 Å². The molecule has 0 aliphatic heterocycles. The number of rotatable bonds is 2. The Hall–Kier alpha value is -2.83. The minimum atomic E-state index is -0.749. The van der Waals surface area contributed by atoms with Crippen LogP contribution >= 0.6 is 0 Å². The van der Waals surface area contributed by atoms with E-state index in [1.165, 1.54) is 6.07 Å². The Morgan fingerprint density at radius 1 is 1.10 bits per heavy atom. The Bertz CT molecular complexity index is 761. The van der Waals surface area contributed by atoms with Crippen molar-refractivity contribution in [1.82, 2.24) is 9.97 Å². The second-order valence-corrected chi connectivity index (χ2v) is 4.41. The molecule has 1 aromatic carbocycles. The summed E-state index contributed by atoms with van der Waals surface area (Å²) in [7, 11) is 0. The molecule has 0 aliphatic carbocycles. The van der Waals surface area contributed by atoms with Crippen LogP contribution in [0.25, 0.3) is 0 Å². The number of aromatic nitrogens is 2. The van der Waals surface area contributed by atoms with Crippen LogP contribution < -0.4 is 16.6 Å². The Balaban J connectivity index is 2.35. The summed E-state index contributed by atoms with van der Waals surface area (Å²) in [6.07, 6.45) is 0. The number of amides is 1. The maximum Gasteiger partial charge on any atom is 0.326 e. The summed E-state index contributed by atoms with van der Waals surface area (Å²) in [5, 5.41) is 12.1. The Kier molecular flexibility index (Phi) is 3.43. The van der Waals surface area contributed by atoms with Gasteiger partial charge in [0.1, 0.15) is 11.4 Å². The average Bonchev–Trinajstić information content (AvgIpc) is 2.34. The van der Waals surface area contributed by atoms with Gasteiger partial charge in [-0.05, 0) is 37.1 Å². The monoisotopic (exact) mass is 275 g/mol.